The van der Waals surface area contributed by atoms with Crippen molar-refractivity contribution in [3.63, 3.8) is 0 Å². The third-order valence-electron chi connectivity index (χ3n) is 2.15. The van der Waals surface area contributed by atoms with Crippen molar-refractivity contribution < 1.29 is 9.59 Å². The van der Waals surface area contributed by atoms with Crippen molar-refractivity contribution in [1.29, 1.82) is 0 Å². The molecule has 1 aromatic carbocycles. The first kappa shape index (κ1) is 10.6. The van der Waals surface area contributed by atoms with Gasteiger partial charge in [0.2, 0.25) is 0 Å². The van der Waals surface area contributed by atoms with Crippen LogP contribution >= 0.6 is 0 Å². The molecular formula is C12H14O2. The van der Waals surface area contributed by atoms with E-state index in [2.05, 4.69) is 0 Å². The number of aldehydes is 1. The van der Waals surface area contributed by atoms with E-state index in [4.69, 9.17) is 0 Å². The van der Waals surface area contributed by atoms with Crippen molar-refractivity contribution in [2.45, 2.75) is 26.2 Å². The van der Waals surface area contributed by atoms with Gasteiger partial charge in [-0.25, -0.2) is 0 Å². The number of hydrogen-bond donors (Lipinski definition) is 0. The molecule has 0 aliphatic rings. The SMILES string of the molecule is CC(=O)c1ccc(CCCC=O)cc1. The van der Waals surface area contributed by atoms with E-state index in [1.54, 1.807) is 6.92 Å². The summed E-state index contributed by atoms with van der Waals surface area (Å²) in [4.78, 5) is 21.1. The largest absolute Gasteiger partial charge is 0.303 e. The van der Waals surface area contributed by atoms with E-state index in [-0.39, 0.29) is 5.78 Å². The Bertz CT molecular complexity index is 312. The summed E-state index contributed by atoms with van der Waals surface area (Å²) in [6.45, 7) is 1.56. The van der Waals surface area contributed by atoms with Gasteiger partial charge in [-0.1, -0.05) is 24.3 Å². The number of carbonyl (C=O) groups is 2. The topological polar surface area (TPSA) is 34.1 Å². The standard InChI is InChI=1S/C12H14O2/c1-10(14)12-7-5-11(6-8-12)4-2-3-9-13/h5-9H,2-4H2,1H3. The maximum Gasteiger partial charge on any atom is 0.159 e. The number of hydrogen-bond acceptors (Lipinski definition) is 2. The van der Waals surface area contributed by atoms with E-state index in [9.17, 15) is 9.59 Å². The van der Waals surface area contributed by atoms with Crippen LogP contribution in [-0.2, 0) is 11.2 Å². The molecule has 74 valence electrons. The molecule has 0 atom stereocenters. The lowest BCUT2D eigenvalue weighted by atomic mass is 10.1. The Balaban J connectivity index is 2.55. The van der Waals surface area contributed by atoms with Crippen molar-refractivity contribution in [2.75, 3.05) is 0 Å². The van der Waals surface area contributed by atoms with Gasteiger partial charge in [0.1, 0.15) is 6.29 Å². The molecule has 0 amide bonds. The summed E-state index contributed by atoms with van der Waals surface area (Å²) in [5.74, 6) is 0.0874. The van der Waals surface area contributed by atoms with Gasteiger partial charge >= 0.3 is 0 Å². The number of benzene rings is 1. The highest BCUT2D eigenvalue weighted by Crippen LogP contribution is 2.07. The molecule has 0 fully saturated rings. The highest BCUT2D eigenvalue weighted by atomic mass is 16.1. The van der Waals surface area contributed by atoms with Crippen LogP contribution in [0.5, 0.6) is 0 Å². The van der Waals surface area contributed by atoms with Crippen LogP contribution in [0.3, 0.4) is 0 Å². The molecule has 0 spiro atoms. The molecule has 2 heteroatoms. The van der Waals surface area contributed by atoms with Crippen molar-refractivity contribution in [3.8, 4) is 0 Å². The fourth-order valence-electron chi connectivity index (χ4n) is 1.30. The second-order valence-electron chi connectivity index (χ2n) is 3.31. The van der Waals surface area contributed by atoms with Crippen LogP contribution in [0.1, 0.15) is 35.7 Å². The quantitative estimate of drug-likeness (QED) is 0.406. The molecule has 0 aliphatic heterocycles. The fourth-order valence-corrected chi connectivity index (χ4v) is 1.30. The molecule has 0 radical (unpaired) electrons. The molecule has 0 saturated carbocycles. The summed E-state index contributed by atoms with van der Waals surface area (Å²) in [5.41, 5.74) is 1.92. The molecule has 0 aromatic heterocycles. The number of rotatable bonds is 5. The Labute approximate surface area is 83.9 Å². The second kappa shape index (κ2) is 5.32. The monoisotopic (exact) mass is 190 g/mol. The maximum atomic E-state index is 11.0. The Hall–Kier alpha value is -1.44. The Morgan fingerprint density at radius 3 is 2.43 bits per heavy atom. The molecule has 1 rings (SSSR count). The van der Waals surface area contributed by atoms with Crippen molar-refractivity contribution >= 4 is 12.1 Å². The van der Waals surface area contributed by atoms with Crippen LogP contribution in [0.15, 0.2) is 24.3 Å². The zero-order valence-electron chi connectivity index (χ0n) is 8.32. The first-order valence-corrected chi connectivity index (χ1v) is 4.77. The average Bonchev–Trinajstić information content (AvgIpc) is 2.19. The van der Waals surface area contributed by atoms with E-state index in [1.165, 1.54) is 5.56 Å². The lowest BCUT2D eigenvalue weighted by molar-refractivity contribution is -0.107. The Morgan fingerprint density at radius 2 is 1.93 bits per heavy atom. The first-order chi connectivity index (χ1) is 6.74. The molecule has 0 unspecified atom stereocenters. The van der Waals surface area contributed by atoms with Crippen molar-refractivity contribution in [3.05, 3.63) is 35.4 Å². The van der Waals surface area contributed by atoms with Crippen LogP contribution in [-0.4, -0.2) is 12.1 Å². The van der Waals surface area contributed by atoms with Gasteiger partial charge in [-0.15, -0.1) is 0 Å². The van der Waals surface area contributed by atoms with E-state index in [1.807, 2.05) is 24.3 Å². The summed E-state index contributed by atoms with van der Waals surface area (Å²) in [6.07, 6.45) is 3.32. The average molecular weight is 190 g/mol. The number of aryl methyl sites for hydroxylation is 1. The molecule has 0 N–H and O–H groups in total. The third-order valence-corrected chi connectivity index (χ3v) is 2.15. The molecule has 0 aliphatic carbocycles. The summed E-state index contributed by atoms with van der Waals surface area (Å²) in [6, 6.07) is 7.56. The summed E-state index contributed by atoms with van der Waals surface area (Å²) in [7, 11) is 0. The third kappa shape index (κ3) is 3.13. The predicted octanol–water partition coefficient (Wildman–Crippen LogP) is 2.41. The number of carbonyl (C=O) groups excluding carboxylic acids is 2. The summed E-state index contributed by atoms with van der Waals surface area (Å²) in [5, 5.41) is 0. The van der Waals surface area contributed by atoms with E-state index >= 15 is 0 Å². The van der Waals surface area contributed by atoms with Gasteiger partial charge in [-0.3, -0.25) is 4.79 Å². The van der Waals surface area contributed by atoms with Gasteiger partial charge in [0.05, 0.1) is 0 Å². The number of ketones is 1. The number of Topliss-reactive ketones (excluding diaryl/α,β-unsaturated/α-hetero) is 1. The van der Waals surface area contributed by atoms with E-state index < -0.39 is 0 Å². The maximum absolute atomic E-state index is 11.0. The minimum absolute atomic E-state index is 0.0874. The van der Waals surface area contributed by atoms with Gasteiger partial charge in [0.25, 0.3) is 0 Å². The van der Waals surface area contributed by atoms with Gasteiger partial charge in [0, 0.05) is 12.0 Å². The van der Waals surface area contributed by atoms with Crippen LogP contribution in [0.4, 0.5) is 0 Å². The molecule has 1 aromatic rings. The highest BCUT2D eigenvalue weighted by molar-refractivity contribution is 5.93. The predicted molar refractivity (Wildman–Crippen MR) is 55.4 cm³/mol. The van der Waals surface area contributed by atoms with Crippen molar-refractivity contribution in [1.82, 2.24) is 0 Å². The minimum Gasteiger partial charge on any atom is -0.303 e. The molecular weight excluding hydrogens is 176 g/mol. The van der Waals surface area contributed by atoms with Crippen LogP contribution in [0.2, 0.25) is 0 Å². The van der Waals surface area contributed by atoms with Crippen LogP contribution < -0.4 is 0 Å². The van der Waals surface area contributed by atoms with E-state index in [0.29, 0.717) is 6.42 Å². The van der Waals surface area contributed by atoms with Crippen LogP contribution in [0, 0.1) is 0 Å². The van der Waals surface area contributed by atoms with Gasteiger partial charge < -0.3 is 4.79 Å². The molecule has 0 saturated heterocycles. The summed E-state index contributed by atoms with van der Waals surface area (Å²) < 4.78 is 0. The lowest BCUT2D eigenvalue weighted by Gasteiger charge is -2.00. The minimum atomic E-state index is 0.0874. The van der Waals surface area contributed by atoms with Gasteiger partial charge in [0.15, 0.2) is 5.78 Å². The molecule has 2 nitrogen and oxygen atoms in total. The lowest BCUT2D eigenvalue weighted by Crippen LogP contribution is -1.92. The molecule has 0 bridgehead atoms. The van der Waals surface area contributed by atoms with Crippen molar-refractivity contribution in [2.24, 2.45) is 0 Å². The normalized spacial score (nSPS) is 9.79. The smallest absolute Gasteiger partial charge is 0.159 e. The zero-order chi connectivity index (χ0) is 10.4. The summed E-state index contributed by atoms with van der Waals surface area (Å²) >= 11 is 0. The van der Waals surface area contributed by atoms with Crippen LogP contribution in [0.25, 0.3) is 0 Å². The van der Waals surface area contributed by atoms with E-state index in [0.717, 1.165) is 24.7 Å². The second-order valence-corrected chi connectivity index (χ2v) is 3.31. The van der Waals surface area contributed by atoms with Gasteiger partial charge in [-0.05, 0) is 25.3 Å². The zero-order valence-corrected chi connectivity index (χ0v) is 8.32. The fraction of sp³-hybridized carbons (Fsp3) is 0.333. The van der Waals surface area contributed by atoms with Gasteiger partial charge in [-0.2, -0.15) is 0 Å². The molecule has 14 heavy (non-hydrogen) atoms. The number of unbranched alkanes of at least 4 members (excludes halogenated alkanes) is 1. The Kier molecular flexibility index (Phi) is 4.05. The highest BCUT2D eigenvalue weighted by Gasteiger charge is 1.98. The Morgan fingerprint density at radius 1 is 1.29 bits per heavy atom. The first-order valence-electron chi connectivity index (χ1n) is 4.77. The molecule has 0 heterocycles.